The van der Waals surface area contributed by atoms with Gasteiger partial charge in [0.1, 0.15) is 0 Å². The lowest BCUT2D eigenvalue weighted by atomic mass is 10.1. The zero-order chi connectivity index (χ0) is 8.85. The summed E-state index contributed by atoms with van der Waals surface area (Å²) in [5, 5.41) is 11.6. The zero-order valence-electron chi connectivity index (χ0n) is 6.87. The first kappa shape index (κ1) is 10.8. The molecule has 66 valence electrons. The second kappa shape index (κ2) is 5.43. The van der Waals surface area contributed by atoms with Gasteiger partial charge in [-0.05, 0) is 20.3 Å². The Morgan fingerprint density at radius 3 is 2.55 bits per heavy atom. The number of thiol groups is 1. The van der Waals surface area contributed by atoms with Crippen molar-refractivity contribution in [1.82, 2.24) is 5.32 Å². The average Bonchev–Trinajstić information content (AvgIpc) is 1.85. The summed E-state index contributed by atoms with van der Waals surface area (Å²) in [5.41, 5.74) is 0. The van der Waals surface area contributed by atoms with Crippen molar-refractivity contribution < 1.29 is 9.90 Å². The van der Waals surface area contributed by atoms with E-state index in [9.17, 15) is 4.79 Å². The second-order valence-electron chi connectivity index (χ2n) is 2.71. The lowest BCUT2D eigenvalue weighted by Crippen LogP contribution is -2.35. The van der Waals surface area contributed by atoms with Crippen LogP contribution in [0.15, 0.2) is 0 Å². The molecule has 0 aromatic carbocycles. The summed E-state index contributed by atoms with van der Waals surface area (Å²) in [6.07, 6.45) is 0.213. The molecule has 0 saturated carbocycles. The van der Waals surface area contributed by atoms with Crippen molar-refractivity contribution in [1.29, 1.82) is 0 Å². The predicted molar refractivity (Wildman–Crippen MR) is 47.8 cm³/mol. The SMILES string of the molecule is CC(O)CC(C)NC(=O)CS. The summed E-state index contributed by atoms with van der Waals surface area (Å²) >= 11 is 3.81. The molecule has 0 fully saturated rings. The highest BCUT2D eigenvalue weighted by atomic mass is 32.1. The van der Waals surface area contributed by atoms with Crippen LogP contribution >= 0.6 is 12.6 Å². The van der Waals surface area contributed by atoms with E-state index >= 15 is 0 Å². The number of aliphatic hydroxyl groups is 1. The highest BCUT2D eigenvalue weighted by Gasteiger charge is 2.07. The van der Waals surface area contributed by atoms with Crippen LogP contribution in [0.2, 0.25) is 0 Å². The molecular weight excluding hydrogens is 162 g/mol. The summed E-state index contributed by atoms with van der Waals surface area (Å²) in [7, 11) is 0. The largest absolute Gasteiger partial charge is 0.393 e. The number of amides is 1. The van der Waals surface area contributed by atoms with Crippen LogP contribution in [-0.4, -0.2) is 28.9 Å². The van der Waals surface area contributed by atoms with Crippen molar-refractivity contribution in [2.45, 2.75) is 32.4 Å². The maximum Gasteiger partial charge on any atom is 0.229 e. The van der Waals surface area contributed by atoms with Gasteiger partial charge in [0.05, 0.1) is 11.9 Å². The second-order valence-corrected chi connectivity index (χ2v) is 3.03. The minimum absolute atomic E-state index is 0.0228. The third-order valence-corrected chi connectivity index (χ3v) is 1.53. The standard InChI is InChI=1S/C7H15NO2S/c1-5(3-6(2)9)8-7(10)4-11/h5-6,9,11H,3-4H2,1-2H3,(H,8,10). The van der Waals surface area contributed by atoms with Gasteiger partial charge in [-0.3, -0.25) is 4.79 Å². The molecule has 0 saturated heterocycles. The molecule has 0 radical (unpaired) electrons. The Morgan fingerprint density at radius 1 is 1.64 bits per heavy atom. The molecule has 0 aromatic heterocycles. The first-order valence-corrected chi connectivity index (χ1v) is 4.27. The topological polar surface area (TPSA) is 49.3 Å². The third-order valence-electron chi connectivity index (χ3n) is 1.25. The van der Waals surface area contributed by atoms with Crippen LogP contribution in [-0.2, 0) is 4.79 Å². The van der Waals surface area contributed by atoms with Gasteiger partial charge in [-0.1, -0.05) is 0 Å². The van der Waals surface area contributed by atoms with Crippen molar-refractivity contribution in [3.05, 3.63) is 0 Å². The van der Waals surface area contributed by atoms with E-state index in [1.165, 1.54) is 0 Å². The number of hydrogen-bond donors (Lipinski definition) is 3. The minimum Gasteiger partial charge on any atom is -0.393 e. The van der Waals surface area contributed by atoms with Gasteiger partial charge in [0.15, 0.2) is 0 Å². The number of carbonyl (C=O) groups excluding carboxylic acids is 1. The fraction of sp³-hybridized carbons (Fsp3) is 0.857. The summed E-state index contributed by atoms with van der Waals surface area (Å²) in [5.74, 6) is 0.103. The molecule has 2 N–H and O–H groups in total. The van der Waals surface area contributed by atoms with E-state index in [0.717, 1.165) is 0 Å². The lowest BCUT2D eigenvalue weighted by molar-refractivity contribution is -0.119. The van der Waals surface area contributed by atoms with Crippen LogP contribution in [0.4, 0.5) is 0 Å². The Labute approximate surface area is 72.6 Å². The Bertz CT molecular complexity index is 128. The summed E-state index contributed by atoms with van der Waals surface area (Å²) in [6, 6.07) is 0.0228. The van der Waals surface area contributed by atoms with Crippen molar-refractivity contribution in [3.8, 4) is 0 Å². The van der Waals surface area contributed by atoms with Crippen LogP contribution < -0.4 is 5.32 Å². The van der Waals surface area contributed by atoms with Crippen molar-refractivity contribution in [2.75, 3.05) is 5.75 Å². The van der Waals surface area contributed by atoms with Gasteiger partial charge in [-0.15, -0.1) is 0 Å². The maximum absolute atomic E-state index is 10.7. The quantitative estimate of drug-likeness (QED) is 0.537. The number of hydrogen-bond acceptors (Lipinski definition) is 3. The van der Waals surface area contributed by atoms with E-state index in [1.807, 2.05) is 6.92 Å². The highest BCUT2D eigenvalue weighted by Crippen LogP contribution is 1.95. The average molecular weight is 177 g/mol. The number of rotatable bonds is 4. The Hall–Kier alpha value is -0.220. The number of carbonyl (C=O) groups is 1. The van der Waals surface area contributed by atoms with Gasteiger partial charge in [0, 0.05) is 6.04 Å². The summed E-state index contributed by atoms with van der Waals surface area (Å²) in [4.78, 5) is 10.7. The molecule has 0 aliphatic rings. The van der Waals surface area contributed by atoms with Gasteiger partial charge in [-0.2, -0.15) is 12.6 Å². The van der Waals surface area contributed by atoms with Crippen molar-refractivity contribution in [2.24, 2.45) is 0 Å². The maximum atomic E-state index is 10.7. The van der Waals surface area contributed by atoms with E-state index in [2.05, 4.69) is 17.9 Å². The monoisotopic (exact) mass is 177 g/mol. The van der Waals surface area contributed by atoms with E-state index in [1.54, 1.807) is 6.92 Å². The smallest absolute Gasteiger partial charge is 0.229 e. The Kier molecular flexibility index (Phi) is 5.32. The molecule has 0 heterocycles. The molecule has 4 heteroatoms. The van der Waals surface area contributed by atoms with Crippen LogP contribution in [0, 0.1) is 0 Å². The van der Waals surface area contributed by atoms with E-state index in [0.29, 0.717) is 6.42 Å². The molecule has 0 aromatic rings. The molecule has 0 bridgehead atoms. The Morgan fingerprint density at radius 2 is 2.18 bits per heavy atom. The summed E-state index contributed by atoms with van der Waals surface area (Å²) < 4.78 is 0. The van der Waals surface area contributed by atoms with E-state index in [4.69, 9.17) is 5.11 Å². The van der Waals surface area contributed by atoms with Crippen molar-refractivity contribution >= 4 is 18.5 Å². The van der Waals surface area contributed by atoms with Gasteiger partial charge in [0.2, 0.25) is 5.91 Å². The van der Waals surface area contributed by atoms with Crippen LogP contribution in [0.5, 0.6) is 0 Å². The number of nitrogens with one attached hydrogen (secondary N) is 1. The number of aliphatic hydroxyl groups excluding tert-OH is 1. The first-order valence-electron chi connectivity index (χ1n) is 3.64. The minimum atomic E-state index is -0.370. The molecule has 0 spiro atoms. The third kappa shape index (κ3) is 6.19. The van der Waals surface area contributed by atoms with Gasteiger partial charge in [-0.25, -0.2) is 0 Å². The zero-order valence-corrected chi connectivity index (χ0v) is 7.77. The van der Waals surface area contributed by atoms with E-state index < -0.39 is 0 Å². The molecule has 0 aliphatic carbocycles. The van der Waals surface area contributed by atoms with Crippen LogP contribution in [0.25, 0.3) is 0 Å². The Balaban J connectivity index is 3.51. The molecule has 3 nitrogen and oxygen atoms in total. The molecular formula is C7H15NO2S. The molecule has 1 amide bonds. The predicted octanol–water partition coefficient (Wildman–Crippen LogP) is 0.192. The highest BCUT2D eigenvalue weighted by molar-refractivity contribution is 7.81. The van der Waals surface area contributed by atoms with Crippen molar-refractivity contribution in [3.63, 3.8) is 0 Å². The molecule has 0 aliphatic heterocycles. The lowest BCUT2D eigenvalue weighted by Gasteiger charge is -2.14. The van der Waals surface area contributed by atoms with Crippen LogP contribution in [0.1, 0.15) is 20.3 Å². The van der Waals surface area contributed by atoms with Gasteiger partial charge < -0.3 is 10.4 Å². The molecule has 2 unspecified atom stereocenters. The first-order chi connectivity index (χ1) is 5.06. The van der Waals surface area contributed by atoms with Crippen LogP contribution in [0.3, 0.4) is 0 Å². The normalized spacial score (nSPS) is 15.6. The fourth-order valence-corrected chi connectivity index (χ4v) is 0.982. The molecule has 2 atom stereocenters. The molecule has 0 rings (SSSR count). The fourth-order valence-electron chi connectivity index (χ4n) is 0.891. The van der Waals surface area contributed by atoms with E-state index in [-0.39, 0.29) is 23.8 Å². The summed E-state index contributed by atoms with van der Waals surface area (Å²) in [6.45, 7) is 3.55. The van der Waals surface area contributed by atoms with Gasteiger partial charge in [0.25, 0.3) is 0 Å². The van der Waals surface area contributed by atoms with Gasteiger partial charge >= 0.3 is 0 Å². The molecule has 11 heavy (non-hydrogen) atoms.